The number of H-pyrrole nitrogens is 1. The van der Waals surface area contributed by atoms with Crippen molar-refractivity contribution in [3.63, 3.8) is 0 Å². The lowest BCUT2D eigenvalue weighted by Gasteiger charge is -2.30. The summed E-state index contributed by atoms with van der Waals surface area (Å²) in [6, 6.07) is 16.7. The van der Waals surface area contributed by atoms with Gasteiger partial charge >= 0.3 is 0 Å². The molecule has 112 valence electrons. The first-order chi connectivity index (χ1) is 10.8. The summed E-state index contributed by atoms with van der Waals surface area (Å²) >= 11 is 0. The molecule has 2 N–H and O–H groups in total. The fourth-order valence-corrected chi connectivity index (χ4v) is 3.42. The normalized spacial score (nSPS) is 16.6. The number of hydrogen-bond donors (Lipinski definition) is 2. The van der Waals surface area contributed by atoms with E-state index in [0.29, 0.717) is 6.54 Å². The highest BCUT2D eigenvalue weighted by atomic mass is 16.3. The third-order valence-electron chi connectivity index (χ3n) is 4.62. The maximum Gasteiger partial charge on any atom is 0.0937 e. The summed E-state index contributed by atoms with van der Waals surface area (Å²) < 4.78 is 0. The Balaban J connectivity index is 1.52. The third kappa shape index (κ3) is 2.43. The first kappa shape index (κ1) is 13.6. The van der Waals surface area contributed by atoms with Crippen molar-refractivity contribution in [1.29, 1.82) is 0 Å². The predicted molar refractivity (Wildman–Crippen MR) is 88.7 cm³/mol. The van der Waals surface area contributed by atoms with E-state index in [1.807, 2.05) is 24.4 Å². The van der Waals surface area contributed by atoms with E-state index < -0.39 is 6.10 Å². The van der Waals surface area contributed by atoms with Gasteiger partial charge in [0, 0.05) is 42.3 Å². The molecule has 3 nitrogen and oxygen atoms in total. The third-order valence-corrected chi connectivity index (χ3v) is 4.62. The molecular weight excluding hydrogens is 272 g/mol. The maximum atomic E-state index is 10.6. The number of para-hydroxylation sites is 1. The summed E-state index contributed by atoms with van der Waals surface area (Å²) in [6.07, 6.45) is 2.55. The number of nitrogens with zero attached hydrogens (tertiary/aromatic N) is 1. The van der Waals surface area contributed by atoms with Gasteiger partial charge in [0.2, 0.25) is 0 Å². The van der Waals surface area contributed by atoms with Gasteiger partial charge in [0.1, 0.15) is 0 Å². The van der Waals surface area contributed by atoms with Crippen LogP contribution < -0.4 is 0 Å². The fraction of sp³-hybridized carbons (Fsp3) is 0.263. The number of aliphatic hydroxyl groups is 1. The Morgan fingerprint density at radius 1 is 1.05 bits per heavy atom. The summed E-state index contributed by atoms with van der Waals surface area (Å²) in [7, 11) is 0. The number of hydrogen-bond acceptors (Lipinski definition) is 2. The second-order valence-corrected chi connectivity index (χ2v) is 6.06. The monoisotopic (exact) mass is 292 g/mol. The van der Waals surface area contributed by atoms with Gasteiger partial charge in [-0.05, 0) is 23.6 Å². The highest BCUT2D eigenvalue weighted by molar-refractivity contribution is 5.83. The molecule has 1 aliphatic rings. The van der Waals surface area contributed by atoms with Crippen LogP contribution in [0.4, 0.5) is 0 Å². The van der Waals surface area contributed by atoms with Crippen LogP contribution in [0.15, 0.2) is 54.7 Å². The lowest BCUT2D eigenvalue weighted by atomic mass is 9.99. The standard InChI is InChI=1S/C19H20N2O/c22-19(17-11-20-18-8-4-3-7-16(17)18)13-21-10-9-14-5-1-2-6-15(14)12-21/h1-8,11,19-20,22H,9-10,12-13H2/t19-/m1/s1. The van der Waals surface area contributed by atoms with Gasteiger partial charge in [-0.3, -0.25) is 4.90 Å². The number of benzene rings is 2. The number of aromatic amines is 1. The highest BCUT2D eigenvalue weighted by Gasteiger charge is 2.20. The largest absolute Gasteiger partial charge is 0.387 e. The summed E-state index contributed by atoms with van der Waals surface area (Å²) in [4.78, 5) is 5.59. The molecule has 0 spiro atoms. The van der Waals surface area contributed by atoms with Crippen LogP contribution in [0, 0.1) is 0 Å². The highest BCUT2D eigenvalue weighted by Crippen LogP contribution is 2.26. The van der Waals surface area contributed by atoms with E-state index in [2.05, 4.69) is 40.2 Å². The Hall–Kier alpha value is -2.10. The number of aromatic nitrogens is 1. The molecule has 0 unspecified atom stereocenters. The summed E-state index contributed by atoms with van der Waals surface area (Å²) in [5.41, 5.74) is 4.91. The van der Waals surface area contributed by atoms with E-state index >= 15 is 0 Å². The Morgan fingerprint density at radius 3 is 2.73 bits per heavy atom. The molecule has 22 heavy (non-hydrogen) atoms. The van der Waals surface area contributed by atoms with Crippen molar-refractivity contribution in [2.75, 3.05) is 13.1 Å². The molecule has 1 aromatic heterocycles. The molecule has 4 rings (SSSR count). The first-order valence-electron chi connectivity index (χ1n) is 7.84. The van der Waals surface area contributed by atoms with E-state index in [1.54, 1.807) is 0 Å². The van der Waals surface area contributed by atoms with E-state index in [-0.39, 0.29) is 0 Å². The van der Waals surface area contributed by atoms with Gasteiger partial charge in [-0.25, -0.2) is 0 Å². The number of nitrogens with one attached hydrogen (secondary N) is 1. The lowest BCUT2D eigenvalue weighted by Crippen LogP contribution is -2.33. The fourth-order valence-electron chi connectivity index (χ4n) is 3.42. The van der Waals surface area contributed by atoms with Gasteiger partial charge < -0.3 is 10.1 Å². The quantitative estimate of drug-likeness (QED) is 0.778. The average molecular weight is 292 g/mol. The Morgan fingerprint density at radius 2 is 1.82 bits per heavy atom. The Labute approximate surface area is 130 Å². The summed E-state index contributed by atoms with van der Waals surface area (Å²) in [5, 5.41) is 11.8. The average Bonchev–Trinajstić information content (AvgIpc) is 2.99. The van der Waals surface area contributed by atoms with Crippen molar-refractivity contribution in [1.82, 2.24) is 9.88 Å². The van der Waals surface area contributed by atoms with Crippen LogP contribution in [0.3, 0.4) is 0 Å². The molecule has 0 radical (unpaired) electrons. The van der Waals surface area contributed by atoms with Crippen LogP contribution in [0.5, 0.6) is 0 Å². The second-order valence-electron chi connectivity index (χ2n) is 6.06. The number of fused-ring (bicyclic) bond motifs is 2. The summed E-state index contributed by atoms with van der Waals surface area (Å²) in [5.74, 6) is 0. The van der Waals surface area contributed by atoms with E-state index in [9.17, 15) is 5.11 Å². The van der Waals surface area contributed by atoms with Crippen LogP contribution in [-0.4, -0.2) is 28.1 Å². The number of β-amino-alcohol motifs (C(OH)–C–C–N with tert-alkyl or cyclic N) is 1. The Kier molecular flexibility index (Phi) is 3.45. The molecule has 3 aromatic rings. The van der Waals surface area contributed by atoms with Crippen LogP contribution in [0.1, 0.15) is 22.8 Å². The zero-order valence-corrected chi connectivity index (χ0v) is 12.5. The molecule has 0 bridgehead atoms. The minimum absolute atomic E-state index is 0.457. The summed E-state index contributed by atoms with van der Waals surface area (Å²) in [6.45, 7) is 2.61. The molecule has 0 amide bonds. The minimum Gasteiger partial charge on any atom is -0.387 e. The zero-order chi connectivity index (χ0) is 14.9. The molecule has 1 aliphatic heterocycles. The molecule has 3 heteroatoms. The van der Waals surface area contributed by atoms with Gasteiger partial charge in [0.05, 0.1) is 6.10 Å². The smallest absolute Gasteiger partial charge is 0.0937 e. The maximum absolute atomic E-state index is 10.6. The number of aliphatic hydroxyl groups excluding tert-OH is 1. The molecule has 2 aromatic carbocycles. The van der Waals surface area contributed by atoms with Crippen LogP contribution >= 0.6 is 0 Å². The van der Waals surface area contributed by atoms with Crippen molar-refractivity contribution < 1.29 is 5.11 Å². The number of rotatable bonds is 3. The van der Waals surface area contributed by atoms with E-state index in [0.717, 1.165) is 36.0 Å². The van der Waals surface area contributed by atoms with Crippen LogP contribution in [0.25, 0.3) is 10.9 Å². The van der Waals surface area contributed by atoms with Crippen molar-refractivity contribution >= 4 is 10.9 Å². The van der Waals surface area contributed by atoms with Crippen molar-refractivity contribution in [3.05, 3.63) is 71.4 Å². The van der Waals surface area contributed by atoms with Gasteiger partial charge in [0.15, 0.2) is 0 Å². The first-order valence-corrected chi connectivity index (χ1v) is 7.84. The van der Waals surface area contributed by atoms with Crippen molar-refractivity contribution in [2.45, 2.75) is 19.1 Å². The molecule has 0 aliphatic carbocycles. The van der Waals surface area contributed by atoms with Crippen LogP contribution in [0.2, 0.25) is 0 Å². The van der Waals surface area contributed by atoms with E-state index in [1.165, 1.54) is 11.1 Å². The van der Waals surface area contributed by atoms with Crippen LogP contribution in [-0.2, 0) is 13.0 Å². The van der Waals surface area contributed by atoms with Gasteiger partial charge in [-0.15, -0.1) is 0 Å². The minimum atomic E-state index is -0.457. The van der Waals surface area contributed by atoms with Crippen molar-refractivity contribution in [2.24, 2.45) is 0 Å². The Bertz CT molecular complexity index is 793. The molecule has 0 fully saturated rings. The van der Waals surface area contributed by atoms with Gasteiger partial charge in [-0.1, -0.05) is 42.5 Å². The van der Waals surface area contributed by atoms with E-state index in [4.69, 9.17) is 0 Å². The second kappa shape index (κ2) is 5.59. The molecule has 2 heterocycles. The molecule has 1 atom stereocenters. The topological polar surface area (TPSA) is 39.3 Å². The molecular formula is C19H20N2O. The van der Waals surface area contributed by atoms with Gasteiger partial charge in [0.25, 0.3) is 0 Å². The van der Waals surface area contributed by atoms with Crippen molar-refractivity contribution in [3.8, 4) is 0 Å². The zero-order valence-electron chi connectivity index (χ0n) is 12.5. The van der Waals surface area contributed by atoms with Gasteiger partial charge in [-0.2, -0.15) is 0 Å². The lowest BCUT2D eigenvalue weighted by molar-refractivity contribution is 0.107. The predicted octanol–water partition coefficient (Wildman–Crippen LogP) is 3.26. The SMILES string of the molecule is O[C@H](CN1CCc2ccccc2C1)c1c[nH]c2ccccc12. The molecule has 0 saturated carbocycles. The molecule has 0 saturated heterocycles.